The van der Waals surface area contributed by atoms with Gasteiger partial charge >= 0.3 is 5.97 Å². The van der Waals surface area contributed by atoms with Crippen LogP contribution in [-0.4, -0.2) is 24.3 Å². The molecule has 0 heterocycles. The molecule has 0 rings (SSSR count). The van der Waals surface area contributed by atoms with E-state index in [1.165, 1.54) is 25.3 Å². The van der Waals surface area contributed by atoms with Crippen LogP contribution in [-0.2, 0) is 9.53 Å². The molecule has 1 unspecified atom stereocenters. The number of carbonyl (C=O) groups is 1. The number of unbranched alkanes of at least 4 members (excludes halogenated alkanes) is 1. The molecule has 15 heavy (non-hydrogen) atoms. The predicted molar refractivity (Wildman–Crippen MR) is 60.9 cm³/mol. The van der Waals surface area contributed by atoms with Crippen LogP contribution in [0.4, 0.5) is 0 Å². The van der Waals surface area contributed by atoms with Gasteiger partial charge < -0.3 is 9.84 Å². The highest BCUT2D eigenvalue weighted by Crippen LogP contribution is 2.12. The van der Waals surface area contributed by atoms with Gasteiger partial charge in [0.15, 0.2) is 0 Å². The first-order chi connectivity index (χ1) is 7.20. The largest absolute Gasteiger partial charge is 0.478 e. The molecule has 0 saturated carbocycles. The molecule has 0 aromatic carbocycles. The molecule has 0 spiro atoms. The molecule has 0 aromatic heterocycles. The molecule has 0 aliphatic carbocycles. The van der Waals surface area contributed by atoms with Crippen LogP contribution in [0.1, 0.15) is 39.5 Å². The lowest BCUT2D eigenvalue weighted by Crippen LogP contribution is -2.09. The Morgan fingerprint density at radius 2 is 2.20 bits per heavy atom. The Hall–Kier alpha value is -0.830. The van der Waals surface area contributed by atoms with Gasteiger partial charge in [0.05, 0.1) is 6.61 Å². The molecule has 3 heteroatoms. The van der Waals surface area contributed by atoms with Gasteiger partial charge in [0.2, 0.25) is 0 Å². The molecule has 0 saturated heterocycles. The summed E-state index contributed by atoms with van der Waals surface area (Å²) >= 11 is 0. The molecule has 0 radical (unpaired) electrons. The minimum Gasteiger partial charge on any atom is -0.478 e. The lowest BCUT2D eigenvalue weighted by atomic mass is 10.0. The Kier molecular flexibility index (Phi) is 9.18. The van der Waals surface area contributed by atoms with E-state index in [9.17, 15) is 4.79 Å². The van der Waals surface area contributed by atoms with Crippen molar-refractivity contribution >= 4 is 5.97 Å². The minimum absolute atomic E-state index is 0.398. The van der Waals surface area contributed by atoms with E-state index in [1.54, 1.807) is 0 Å². The van der Waals surface area contributed by atoms with Crippen molar-refractivity contribution in [2.45, 2.75) is 39.5 Å². The molecule has 1 N–H and O–H groups in total. The molecule has 0 fully saturated rings. The number of carboxylic acid groups (broad SMARTS) is 1. The molecule has 0 aliphatic heterocycles. The fraction of sp³-hybridized carbons (Fsp3) is 0.750. The third kappa shape index (κ3) is 9.47. The standard InChI is InChI=1S/C12H22O3/c1-3-5-7-11(4-2)10-15-9-6-8-12(13)14/h6,8,11H,3-5,7,9-10H2,1-2H3,(H,13,14). The Morgan fingerprint density at radius 3 is 2.73 bits per heavy atom. The Bertz CT molecular complexity index is 187. The smallest absolute Gasteiger partial charge is 0.328 e. The van der Waals surface area contributed by atoms with E-state index in [0.717, 1.165) is 19.1 Å². The lowest BCUT2D eigenvalue weighted by molar-refractivity contribution is -0.131. The number of aliphatic carboxylic acids is 1. The maximum atomic E-state index is 10.2. The van der Waals surface area contributed by atoms with Gasteiger partial charge in [-0.2, -0.15) is 0 Å². The van der Waals surface area contributed by atoms with Crippen molar-refractivity contribution < 1.29 is 14.6 Å². The summed E-state index contributed by atoms with van der Waals surface area (Å²) in [6.07, 6.45) is 7.45. The number of hydrogen-bond acceptors (Lipinski definition) is 2. The molecule has 3 nitrogen and oxygen atoms in total. The molecule has 0 amide bonds. The molecule has 1 atom stereocenters. The van der Waals surface area contributed by atoms with Crippen molar-refractivity contribution in [1.82, 2.24) is 0 Å². The fourth-order valence-corrected chi connectivity index (χ4v) is 1.35. The summed E-state index contributed by atoms with van der Waals surface area (Å²) in [4.78, 5) is 10.2. The van der Waals surface area contributed by atoms with Crippen molar-refractivity contribution in [2.24, 2.45) is 5.92 Å². The lowest BCUT2D eigenvalue weighted by Gasteiger charge is -2.13. The van der Waals surface area contributed by atoms with Gasteiger partial charge in [0.25, 0.3) is 0 Å². The van der Waals surface area contributed by atoms with Crippen LogP contribution >= 0.6 is 0 Å². The second-order valence-electron chi connectivity index (χ2n) is 3.69. The number of ether oxygens (including phenoxy) is 1. The third-order valence-electron chi connectivity index (χ3n) is 2.37. The van der Waals surface area contributed by atoms with Crippen molar-refractivity contribution in [3.63, 3.8) is 0 Å². The van der Waals surface area contributed by atoms with Crippen molar-refractivity contribution in [3.8, 4) is 0 Å². The molecule has 0 aliphatic rings. The minimum atomic E-state index is -0.920. The molecular formula is C12H22O3. The summed E-state index contributed by atoms with van der Waals surface area (Å²) in [6, 6.07) is 0. The summed E-state index contributed by atoms with van der Waals surface area (Å²) in [7, 11) is 0. The zero-order valence-corrected chi connectivity index (χ0v) is 9.74. The van der Waals surface area contributed by atoms with Gasteiger partial charge in [-0.25, -0.2) is 4.79 Å². The normalized spacial score (nSPS) is 13.2. The van der Waals surface area contributed by atoms with Crippen LogP contribution in [0.15, 0.2) is 12.2 Å². The first-order valence-corrected chi connectivity index (χ1v) is 5.67. The Morgan fingerprint density at radius 1 is 1.47 bits per heavy atom. The van der Waals surface area contributed by atoms with E-state index in [0.29, 0.717) is 12.5 Å². The molecule has 88 valence electrons. The highest BCUT2D eigenvalue weighted by Gasteiger charge is 2.04. The number of hydrogen-bond donors (Lipinski definition) is 1. The summed E-state index contributed by atoms with van der Waals surface area (Å²) in [5.74, 6) is -0.306. The van der Waals surface area contributed by atoms with E-state index in [1.807, 2.05) is 0 Å². The fourth-order valence-electron chi connectivity index (χ4n) is 1.35. The number of rotatable bonds is 9. The third-order valence-corrected chi connectivity index (χ3v) is 2.37. The summed E-state index contributed by atoms with van der Waals surface area (Å²) in [6.45, 7) is 5.48. The summed E-state index contributed by atoms with van der Waals surface area (Å²) < 4.78 is 5.38. The van der Waals surface area contributed by atoms with Gasteiger partial charge in [-0.05, 0) is 12.3 Å². The monoisotopic (exact) mass is 214 g/mol. The zero-order valence-electron chi connectivity index (χ0n) is 9.74. The van der Waals surface area contributed by atoms with E-state index in [4.69, 9.17) is 9.84 Å². The average molecular weight is 214 g/mol. The maximum Gasteiger partial charge on any atom is 0.328 e. The van der Waals surface area contributed by atoms with Gasteiger partial charge in [-0.3, -0.25) is 0 Å². The van der Waals surface area contributed by atoms with Crippen LogP contribution in [0.25, 0.3) is 0 Å². The Labute approximate surface area is 92.1 Å². The van der Waals surface area contributed by atoms with E-state index < -0.39 is 5.97 Å². The van der Waals surface area contributed by atoms with Crippen LogP contribution in [0.5, 0.6) is 0 Å². The topological polar surface area (TPSA) is 46.5 Å². The highest BCUT2D eigenvalue weighted by molar-refractivity contribution is 5.79. The molecule has 0 aromatic rings. The second-order valence-corrected chi connectivity index (χ2v) is 3.69. The van der Waals surface area contributed by atoms with Crippen LogP contribution in [0.2, 0.25) is 0 Å². The number of carboxylic acids is 1. The van der Waals surface area contributed by atoms with Crippen LogP contribution in [0.3, 0.4) is 0 Å². The molecule has 0 bridgehead atoms. The van der Waals surface area contributed by atoms with Gasteiger partial charge in [0, 0.05) is 12.7 Å². The molecular weight excluding hydrogens is 192 g/mol. The van der Waals surface area contributed by atoms with Crippen molar-refractivity contribution in [1.29, 1.82) is 0 Å². The highest BCUT2D eigenvalue weighted by atomic mass is 16.5. The average Bonchev–Trinajstić information content (AvgIpc) is 2.21. The Balaban J connectivity index is 3.49. The SMILES string of the molecule is CCCCC(CC)COCC=CC(=O)O. The van der Waals surface area contributed by atoms with Gasteiger partial charge in [-0.15, -0.1) is 0 Å². The second kappa shape index (κ2) is 9.71. The van der Waals surface area contributed by atoms with Gasteiger partial charge in [0.1, 0.15) is 0 Å². The first kappa shape index (κ1) is 14.2. The summed E-state index contributed by atoms with van der Waals surface area (Å²) in [5, 5.41) is 8.34. The van der Waals surface area contributed by atoms with Crippen LogP contribution in [0, 0.1) is 5.92 Å². The summed E-state index contributed by atoms with van der Waals surface area (Å²) in [5.41, 5.74) is 0. The van der Waals surface area contributed by atoms with Crippen molar-refractivity contribution in [3.05, 3.63) is 12.2 Å². The van der Waals surface area contributed by atoms with Crippen LogP contribution < -0.4 is 0 Å². The quantitative estimate of drug-likeness (QED) is 0.474. The van der Waals surface area contributed by atoms with E-state index in [-0.39, 0.29) is 0 Å². The first-order valence-electron chi connectivity index (χ1n) is 5.67. The van der Waals surface area contributed by atoms with Crippen molar-refractivity contribution in [2.75, 3.05) is 13.2 Å². The zero-order chi connectivity index (χ0) is 11.5. The predicted octanol–water partition coefficient (Wildman–Crippen LogP) is 2.86. The van der Waals surface area contributed by atoms with Gasteiger partial charge in [-0.1, -0.05) is 39.2 Å². The maximum absolute atomic E-state index is 10.2. The van der Waals surface area contributed by atoms with E-state index in [2.05, 4.69) is 13.8 Å². The van der Waals surface area contributed by atoms with E-state index >= 15 is 0 Å².